The van der Waals surface area contributed by atoms with Crippen molar-refractivity contribution in [1.29, 1.82) is 0 Å². The third kappa shape index (κ3) is 3.83. The molecule has 10 heteroatoms. The highest BCUT2D eigenvalue weighted by molar-refractivity contribution is 5.93. The van der Waals surface area contributed by atoms with Gasteiger partial charge in [0.05, 0.1) is 24.6 Å². The largest absolute Gasteiger partial charge is 0.322 e. The van der Waals surface area contributed by atoms with Gasteiger partial charge in [0, 0.05) is 24.0 Å². The molecule has 0 fully saturated rings. The lowest BCUT2D eigenvalue weighted by molar-refractivity contribution is -0.119. The fourth-order valence-corrected chi connectivity index (χ4v) is 2.44. The Labute approximate surface area is 151 Å². The minimum Gasteiger partial charge on any atom is -0.322 e. The van der Waals surface area contributed by atoms with E-state index in [1.807, 2.05) is 6.92 Å². The van der Waals surface area contributed by atoms with Gasteiger partial charge in [-0.2, -0.15) is 10.2 Å². The van der Waals surface area contributed by atoms with E-state index in [1.54, 1.807) is 19.3 Å². The molecule has 27 heavy (non-hydrogen) atoms. The fourth-order valence-electron chi connectivity index (χ4n) is 2.44. The van der Waals surface area contributed by atoms with Gasteiger partial charge in [-0.3, -0.25) is 14.2 Å². The predicted octanol–water partition coefficient (Wildman–Crippen LogP) is 3.19. The third-order valence-corrected chi connectivity index (χ3v) is 3.94. The molecule has 0 bridgehead atoms. The Hall–Kier alpha value is -3.17. The van der Waals surface area contributed by atoms with Gasteiger partial charge >= 0.3 is 0 Å². The topological polar surface area (TPSA) is 64.7 Å². The van der Waals surface area contributed by atoms with E-state index in [9.17, 15) is 22.4 Å². The molecule has 0 spiro atoms. The summed E-state index contributed by atoms with van der Waals surface area (Å²) in [6.45, 7) is 3.02. The van der Waals surface area contributed by atoms with E-state index < -0.39 is 41.4 Å². The van der Waals surface area contributed by atoms with Crippen LogP contribution in [0.3, 0.4) is 0 Å². The Morgan fingerprint density at radius 2 is 1.85 bits per heavy atom. The van der Waals surface area contributed by atoms with Crippen molar-refractivity contribution in [1.82, 2.24) is 19.6 Å². The summed E-state index contributed by atoms with van der Waals surface area (Å²) >= 11 is 0. The van der Waals surface area contributed by atoms with Crippen molar-refractivity contribution < 1.29 is 22.4 Å². The number of anilines is 1. The Kier molecular flexibility index (Phi) is 4.98. The molecule has 3 aromatic rings. The Balaban J connectivity index is 1.72. The smallest absolute Gasteiger partial charge is 0.249 e. The highest BCUT2D eigenvalue weighted by atomic mass is 19.2. The molecule has 0 aliphatic rings. The lowest BCUT2D eigenvalue weighted by Crippen LogP contribution is -2.23. The van der Waals surface area contributed by atoms with Gasteiger partial charge in [0.1, 0.15) is 11.9 Å². The summed E-state index contributed by atoms with van der Waals surface area (Å²) < 4.78 is 56.3. The summed E-state index contributed by atoms with van der Waals surface area (Å²) in [5.41, 5.74) is 0.507. The summed E-state index contributed by atoms with van der Waals surface area (Å²) in [5.74, 6) is -6.57. The predicted molar refractivity (Wildman–Crippen MR) is 87.9 cm³/mol. The van der Waals surface area contributed by atoms with Crippen LogP contribution in [0.1, 0.15) is 24.1 Å². The number of carbonyl (C=O) groups is 1. The highest BCUT2D eigenvalue weighted by Crippen LogP contribution is 2.20. The van der Waals surface area contributed by atoms with Crippen LogP contribution < -0.4 is 5.32 Å². The Morgan fingerprint density at radius 1 is 1.11 bits per heavy atom. The Bertz CT molecular complexity index is 997. The van der Waals surface area contributed by atoms with Gasteiger partial charge in [-0.05, 0) is 19.4 Å². The van der Waals surface area contributed by atoms with Gasteiger partial charge < -0.3 is 5.32 Å². The summed E-state index contributed by atoms with van der Waals surface area (Å²) in [7, 11) is 0. The van der Waals surface area contributed by atoms with E-state index in [0.717, 1.165) is 10.2 Å². The highest BCUT2D eigenvalue weighted by Gasteiger charge is 2.20. The molecular formula is C17H15F4N5O. The van der Waals surface area contributed by atoms with Crippen LogP contribution in [0.5, 0.6) is 0 Å². The zero-order valence-electron chi connectivity index (χ0n) is 14.4. The molecule has 0 saturated heterocycles. The van der Waals surface area contributed by atoms with Crippen molar-refractivity contribution in [3.8, 4) is 0 Å². The molecular weight excluding hydrogens is 366 g/mol. The number of halogens is 4. The molecule has 1 atom stereocenters. The van der Waals surface area contributed by atoms with Crippen molar-refractivity contribution in [2.24, 2.45) is 0 Å². The molecule has 1 aromatic carbocycles. The standard InChI is InChI=1S/C17H15F4N5O/c1-9-4-23-26(6-9)10(2)17(27)24-11-5-22-25(7-11)8-12-13(18)3-14(19)16(21)15(12)20/h3-7,10H,8H2,1-2H3,(H,24,27). The van der Waals surface area contributed by atoms with E-state index in [2.05, 4.69) is 15.5 Å². The van der Waals surface area contributed by atoms with E-state index in [1.165, 1.54) is 17.1 Å². The second-order valence-corrected chi connectivity index (χ2v) is 6.04. The molecule has 142 valence electrons. The second kappa shape index (κ2) is 7.22. The number of benzene rings is 1. The second-order valence-electron chi connectivity index (χ2n) is 6.04. The number of hydrogen-bond donors (Lipinski definition) is 1. The van der Waals surface area contributed by atoms with Crippen molar-refractivity contribution in [3.05, 3.63) is 65.2 Å². The molecule has 0 radical (unpaired) electrons. The molecule has 0 saturated carbocycles. The fraction of sp³-hybridized carbons (Fsp3) is 0.235. The first-order chi connectivity index (χ1) is 12.8. The molecule has 2 heterocycles. The zero-order valence-corrected chi connectivity index (χ0v) is 14.4. The van der Waals surface area contributed by atoms with Crippen molar-refractivity contribution in [2.45, 2.75) is 26.4 Å². The van der Waals surface area contributed by atoms with E-state index in [0.29, 0.717) is 0 Å². The van der Waals surface area contributed by atoms with Gasteiger partial charge in [-0.15, -0.1) is 0 Å². The zero-order chi connectivity index (χ0) is 19.7. The molecule has 2 aromatic heterocycles. The number of aromatic nitrogens is 4. The maximum absolute atomic E-state index is 13.7. The van der Waals surface area contributed by atoms with Crippen LogP contribution in [0.4, 0.5) is 23.2 Å². The van der Waals surface area contributed by atoms with Crippen molar-refractivity contribution in [2.75, 3.05) is 5.32 Å². The quantitative estimate of drug-likeness (QED) is 0.419. The summed E-state index contributed by atoms with van der Waals surface area (Å²) in [4.78, 5) is 12.3. The van der Waals surface area contributed by atoms with Crippen LogP contribution in [-0.4, -0.2) is 25.5 Å². The first-order valence-electron chi connectivity index (χ1n) is 7.92. The van der Waals surface area contributed by atoms with Crippen LogP contribution >= 0.6 is 0 Å². The Morgan fingerprint density at radius 3 is 2.52 bits per heavy atom. The minimum atomic E-state index is -1.75. The molecule has 1 N–H and O–H groups in total. The number of rotatable bonds is 5. The number of nitrogens with one attached hydrogen (secondary N) is 1. The lowest BCUT2D eigenvalue weighted by atomic mass is 10.2. The number of hydrogen-bond acceptors (Lipinski definition) is 3. The number of nitrogens with zero attached hydrogens (tertiary/aromatic N) is 4. The van der Waals surface area contributed by atoms with E-state index in [-0.39, 0.29) is 17.7 Å². The first-order valence-corrected chi connectivity index (χ1v) is 7.92. The number of carbonyl (C=O) groups excluding carboxylic acids is 1. The van der Waals surface area contributed by atoms with Gasteiger partial charge in [-0.1, -0.05) is 0 Å². The van der Waals surface area contributed by atoms with Crippen LogP contribution in [0, 0.1) is 30.2 Å². The normalized spacial score (nSPS) is 12.2. The van der Waals surface area contributed by atoms with Crippen LogP contribution in [-0.2, 0) is 11.3 Å². The summed E-state index contributed by atoms with van der Waals surface area (Å²) in [6.07, 6.45) is 5.92. The monoisotopic (exact) mass is 381 g/mol. The molecule has 1 amide bonds. The molecule has 6 nitrogen and oxygen atoms in total. The van der Waals surface area contributed by atoms with Crippen molar-refractivity contribution >= 4 is 11.6 Å². The van der Waals surface area contributed by atoms with Crippen LogP contribution in [0.15, 0.2) is 30.9 Å². The van der Waals surface area contributed by atoms with Crippen molar-refractivity contribution in [3.63, 3.8) is 0 Å². The first kappa shape index (κ1) is 18.6. The lowest BCUT2D eigenvalue weighted by Gasteiger charge is -2.11. The van der Waals surface area contributed by atoms with E-state index >= 15 is 0 Å². The summed E-state index contributed by atoms with van der Waals surface area (Å²) in [5, 5.41) is 10.5. The third-order valence-electron chi connectivity index (χ3n) is 3.94. The molecule has 1 unspecified atom stereocenters. The molecule has 0 aliphatic heterocycles. The molecule has 0 aliphatic carbocycles. The maximum atomic E-state index is 13.7. The number of amides is 1. The minimum absolute atomic E-state index is 0.272. The van der Waals surface area contributed by atoms with Gasteiger partial charge in [-0.25, -0.2) is 17.6 Å². The average molecular weight is 381 g/mol. The van der Waals surface area contributed by atoms with Crippen LogP contribution in [0.25, 0.3) is 0 Å². The SMILES string of the molecule is Cc1cnn(C(C)C(=O)Nc2cnn(Cc3c(F)cc(F)c(F)c3F)c2)c1. The molecule has 3 rings (SSSR count). The number of aryl methyl sites for hydroxylation is 1. The van der Waals surface area contributed by atoms with Gasteiger partial charge in [0.15, 0.2) is 17.5 Å². The van der Waals surface area contributed by atoms with Crippen LogP contribution in [0.2, 0.25) is 0 Å². The van der Waals surface area contributed by atoms with Gasteiger partial charge in [0.2, 0.25) is 5.91 Å². The summed E-state index contributed by atoms with van der Waals surface area (Å²) in [6, 6.07) is -0.323. The maximum Gasteiger partial charge on any atom is 0.249 e. The van der Waals surface area contributed by atoms with E-state index in [4.69, 9.17) is 0 Å². The van der Waals surface area contributed by atoms with Gasteiger partial charge in [0.25, 0.3) is 0 Å². The average Bonchev–Trinajstić information content (AvgIpc) is 3.25.